The summed E-state index contributed by atoms with van der Waals surface area (Å²) in [6.45, 7) is -0.413. The number of amides is 4. The quantitative estimate of drug-likeness (QED) is 0.0886. The molecule has 10 nitrogen and oxygen atoms in total. The van der Waals surface area contributed by atoms with Crippen molar-refractivity contribution in [2.45, 2.75) is 99.2 Å². The number of aromatic nitrogens is 2. The summed E-state index contributed by atoms with van der Waals surface area (Å²) in [4.78, 5) is 62.0. The van der Waals surface area contributed by atoms with E-state index in [9.17, 15) is 19.2 Å². The van der Waals surface area contributed by atoms with Gasteiger partial charge in [0.15, 0.2) is 0 Å². The predicted octanol–water partition coefficient (Wildman–Crippen LogP) is 10.9. The standard InChI is InChI=1S/C63H58F4N6O4/c1-71-33-43(48-14-8-9-15-55(48)71)28-58(74)72-34-44(64)29-56(72)62(76)70-61(38-12-6-3-7-13-38)41-19-22-49(53(67)27-41)51-32-50(51)39-20-23-54-42(24-39)25-46(68-54)31-59(75)73-35-45(65)30-57(73)63(77)69-60(37-10-4-2-5-11-37)40-18-21-47(36-16-17-36)52(66)26-40/h2-15,18-27,33,36,44-45,50-51,56-57,60-61,68H,16-17,28-32,34-35H2,1H3,(H,69,77)(H,70,76)/t44-,45-,50?,51?,56+,57+,60+,61+/m1/s1. The van der Waals surface area contributed by atoms with E-state index in [1.54, 1.807) is 12.1 Å². The SMILES string of the molecule is Cn1cc(CC(=O)N2C[C@H](F)C[C@H]2C(=O)N[C@@H](c2ccccc2)c2ccc(C3CC3c3ccc4[nH]c(CC(=O)N5C[C@H](F)C[C@H]5C(=O)N[C@@H](c5ccccc5)c5ccc(C6CC6)c(F)c5)cc4c3)c(F)c2)c2ccccc21. The van der Waals surface area contributed by atoms with E-state index in [1.807, 2.05) is 139 Å². The molecule has 3 N–H and O–H groups in total. The van der Waals surface area contributed by atoms with Crippen LogP contribution >= 0.6 is 0 Å². The highest BCUT2D eigenvalue weighted by atomic mass is 19.1. The van der Waals surface area contributed by atoms with E-state index in [0.29, 0.717) is 39.9 Å². The Labute approximate surface area is 443 Å². The van der Waals surface area contributed by atoms with Crippen molar-refractivity contribution in [2.24, 2.45) is 7.05 Å². The highest BCUT2D eigenvalue weighted by Crippen LogP contribution is 2.56. The van der Waals surface area contributed by atoms with Crippen LogP contribution < -0.4 is 10.6 Å². The summed E-state index contributed by atoms with van der Waals surface area (Å²) >= 11 is 0. The first kappa shape index (κ1) is 49.9. The van der Waals surface area contributed by atoms with Crippen molar-refractivity contribution in [3.05, 3.63) is 214 Å². The van der Waals surface area contributed by atoms with E-state index in [-0.39, 0.29) is 68.3 Å². The second-order valence-electron chi connectivity index (χ2n) is 21.6. The van der Waals surface area contributed by atoms with E-state index in [2.05, 4.69) is 15.6 Å². The molecule has 2 aliphatic carbocycles. The molecule has 14 heteroatoms. The van der Waals surface area contributed by atoms with E-state index in [0.717, 1.165) is 51.3 Å². The molecule has 4 aliphatic rings. The molecule has 2 aromatic heterocycles. The van der Waals surface area contributed by atoms with Crippen LogP contribution in [0.2, 0.25) is 0 Å². The van der Waals surface area contributed by atoms with Gasteiger partial charge in [0.1, 0.15) is 36.1 Å². The lowest BCUT2D eigenvalue weighted by molar-refractivity contribution is -0.138. The van der Waals surface area contributed by atoms with Gasteiger partial charge in [0.05, 0.1) is 38.0 Å². The summed E-state index contributed by atoms with van der Waals surface area (Å²) < 4.78 is 64.0. The molecule has 12 rings (SSSR count). The molecule has 392 valence electrons. The number of rotatable bonds is 15. The third-order valence-corrected chi connectivity index (χ3v) is 16.3. The lowest BCUT2D eigenvalue weighted by Gasteiger charge is -2.27. The van der Waals surface area contributed by atoms with Crippen LogP contribution in [0.1, 0.15) is 112 Å². The number of carbonyl (C=O) groups is 4. The molecule has 0 radical (unpaired) electrons. The van der Waals surface area contributed by atoms with Gasteiger partial charge in [-0.3, -0.25) is 19.2 Å². The van der Waals surface area contributed by atoms with Crippen LogP contribution in [0.4, 0.5) is 17.6 Å². The van der Waals surface area contributed by atoms with Crippen molar-refractivity contribution in [1.82, 2.24) is 30.0 Å². The van der Waals surface area contributed by atoms with Crippen molar-refractivity contribution >= 4 is 45.4 Å². The first-order valence-corrected chi connectivity index (χ1v) is 26.6. The minimum absolute atomic E-state index is 0.0147. The van der Waals surface area contributed by atoms with E-state index in [1.165, 1.54) is 21.9 Å². The van der Waals surface area contributed by atoms with Gasteiger partial charge in [-0.2, -0.15) is 0 Å². The van der Waals surface area contributed by atoms with Gasteiger partial charge < -0.3 is 30.0 Å². The normalized spacial score (nSPS) is 21.8. The van der Waals surface area contributed by atoms with Crippen LogP contribution in [0.25, 0.3) is 21.8 Å². The molecule has 0 bridgehead atoms. The minimum atomic E-state index is -1.39. The Morgan fingerprint density at radius 2 is 1.16 bits per heavy atom. The Morgan fingerprint density at radius 3 is 1.74 bits per heavy atom. The van der Waals surface area contributed by atoms with Gasteiger partial charge >= 0.3 is 0 Å². The number of hydrogen-bond acceptors (Lipinski definition) is 4. The second kappa shape index (κ2) is 20.5. The van der Waals surface area contributed by atoms with Gasteiger partial charge in [-0.1, -0.05) is 109 Å². The molecule has 8 atom stereocenters. The number of para-hydroxylation sites is 1. The zero-order valence-corrected chi connectivity index (χ0v) is 42.5. The van der Waals surface area contributed by atoms with Crippen molar-refractivity contribution in [3.8, 4) is 0 Å². The fourth-order valence-corrected chi connectivity index (χ4v) is 12.1. The fraction of sp³-hybridized carbons (Fsp3) is 0.302. The maximum Gasteiger partial charge on any atom is 0.243 e. The first-order chi connectivity index (χ1) is 37.3. The number of aryl methyl sites for hydroxylation is 1. The lowest BCUT2D eigenvalue weighted by Crippen LogP contribution is -2.47. The zero-order chi connectivity index (χ0) is 53.1. The number of alkyl halides is 2. The number of nitrogens with one attached hydrogen (secondary N) is 3. The molecule has 4 heterocycles. The molecule has 2 saturated carbocycles. The number of benzene rings is 6. The molecular weight excluding hydrogens is 981 g/mol. The number of aromatic amines is 1. The number of nitrogens with zero attached hydrogens (tertiary/aromatic N) is 3. The Hall–Kier alpha value is -8.00. The number of H-pyrrole nitrogens is 1. The van der Waals surface area contributed by atoms with E-state index >= 15 is 17.6 Å². The third-order valence-electron chi connectivity index (χ3n) is 16.3. The summed E-state index contributed by atoms with van der Waals surface area (Å²) in [7, 11) is 1.90. The van der Waals surface area contributed by atoms with Crippen LogP contribution in [0, 0.1) is 11.6 Å². The van der Waals surface area contributed by atoms with Gasteiger partial charge in [-0.05, 0) is 123 Å². The molecule has 4 amide bonds. The lowest BCUT2D eigenvalue weighted by atomic mass is 9.95. The van der Waals surface area contributed by atoms with Crippen LogP contribution in [-0.4, -0.2) is 80.5 Å². The van der Waals surface area contributed by atoms with Crippen LogP contribution in [0.3, 0.4) is 0 Å². The van der Waals surface area contributed by atoms with Gasteiger partial charge in [-0.15, -0.1) is 0 Å². The molecule has 2 aliphatic heterocycles. The Bertz CT molecular complexity index is 3560. The monoisotopic (exact) mass is 1040 g/mol. The average molecular weight is 1040 g/mol. The summed E-state index contributed by atoms with van der Waals surface area (Å²) in [5.74, 6) is -2.38. The number of fused-ring (bicyclic) bond motifs is 2. The molecule has 77 heavy (non-hydrogen) atoms. The molecular formula is C63H58F4N6O4. The van der Waals surface area contributed by atoms with Crippen molar-refractivity contribution in [3.63, 3.8) is 0 Å². The van der Waals surface area contributed by atoms with Gasteiger partial charge in [0, 0.05) is 48.2 Å². The maximum atomic E-state index is 16.4. The topological polar surface area (TPSA) is 120 Å². The summed E-state index contributed by atoms with van der Waals surface area (Å²) in [6, 6.07) is 40.5. The van der Waals surface area contributed by atoms with Crippen molar-refractivity contribution in [1.29, 1.82) is 0 Å². The van der Waals surface area contributed by atoms with E-state index in [4.69, 9.17) is 0 Å². The van der Waals surface area contributed by atoms with Crippen molar-refractivity contribution in [2.75, 3.05) is 13.1 Å². The van der Waals surface area contributed by atoms with Gasteiger partial charge in [0.25, 0.3) is 0 Å². The molecule has 4 fully saturated rings. The third kappa shape index (κ3) is 10.1. The first-order valence-electron chi connectivity index (χ1n) is 26.6. The highest BCUT2D eigenvalue weighted by Gasteiger charge is 2.44. The molecule has 0 spiro atoms. The molecule has 2 unspecified atom stereocenters. The summed E-state index contributed by atoms with van der Waals surface area (Å²) in [5.41, 5.74) is 7.87. The number of hydrogen-bond donors (Lipinski definition) is 3. The van der Waals surface area contributed by atoms with Crippen LogP contribution in [0.5, 0.6) is 0 Å². The van der Waals surface area contributed by atoms with Crippen LogP contribution in [-0.2, 0) is 39.1 Å². The Balaban J connectivity index is 0.710. The summed E-state index contributed by atoms with van der Waals surface area (Å²) in [5, 5.41) is 7.86. The number of halogens is 4. The van der Waals surface area contributed by atoms with E-state index < -0.39 is 60.0 Å². The van der Waals surface area contributed by atoms with Crippen molar-refractivity contribution < 1.29 is 36.7 Å². The zero-order valence-electron chi connectivity index (χ0n) is 42.5. The van der Waals surface area contributed by atoms with Gasteiger partial charge in [0.2, 0.25) is 23.6 Å². The summed E-state index contributed by atoms with van der Waals surface area (Å²) in [6.07, 6.45) is 1.35. The number of likely N-dealkylation sites (tertiary alicyclic amines) is 2. The molecule has 8 aromatic rings. The number of carbonyl (C=O) groups excluding carboxylic acids is 4. The molecule has 6 aromatic carbocycles. The highest BCUT2D eigenvalue weighted by molar-refractivity contribution is 5.93. The fourth-order valence-electron chi connectivity index (χ4n) is 12.1. The Kier molecular flexibility index (Phi) is 13.3. The predicted molar refractivity (Wildman–Crippen MR) is 286 cm³/mol. The maximum absolute atomic E-state index is 16.4. The smallest absolute Gasteiger partial charge is 0.243 e. The second-order valence-corrected chi connectivity index (χ2v) is 21.6. The largest absolute Gasteiger partial charge is 0.358 e. The van der Waals surface area contributed by atoms with Gasteiger partial charge in [-0.25, -0.2) is 17.6 Å². The Morgan fingerprint density at radius 1 is 0.597 bits per heavy atom. The minimum Gasteiger partial charge on any atom is -0.358 e. The average Bonchev–Trinajstić information content (AvgIpc) is 4.35. The molecule has 2 saturated heterocycles. The van der Waals surface area contributed by atoms with Crippen LogP contribution in [0.15, 0.2) is 152 Å².